The lowest BCUT2D eigenvalue weighted by molar-refractivity contribution is 0.294. The van der Waals surface area contributed by atoms with Crippen LogP contribution in [0.15, 0.2) is 0 Å². The summed E-state index contributed by atoms with van der Waals surface area (Å²) in [5, 5.41) is 3.74. The number of rotatable bonds is 5. The Labute approximate surface area is 88.7 Å². The zero-order valence-corrected chi connectivity index (χ0v) is 9.81. The van der Waals surface area contributed by atoms with Crippen LogP contribution in [0.1, 0.15) is 58.8 Å². The average molecular weight is 195 g/mol. The van der Waals surface area contributed by atoms with Gasteiger partial charge in [-0.25, -0.2) is 0 Å². The highest BCUT2D eigenvalue weighted by atomic mass is 14.9. The van der Waals surface area contributed by atoms with Crippen LogP contribution in [0.5, 0.6) is 0 Å². The first-order valence-corrected chi connectivity index (χ1v) is 6.41. The summed E-state index contributed by atoms with van der Waals surface area (Å²) in [7, 11) is 0. The monoisotopic (exact) mass is 195 g/mol. The molecule has 1 unspecified atom stereocenters. The highest BCUT2D eigenvalue weighted by Gasteiger charge is 2.29. The summed E-state index contributed by atoms with van der Waals surface area (Å²) in [4.78, 5) is 0. The molecule has 1 heteroatoms. The van der Waals surface area contributed by atoms with Gasteiger partial charge in [-0.1, -0.05) is 32.6 Å². The fourth-order valence-electron chi connectivity index (χ4n) is 2.76. The van der Waals surface area contributed by atoms with Crippen molar-refractivity contribution in [1.82, 2.24) is 5.32 Å². The normalized spacial score (nSPS) is 27.9. The van der Waals surface area contributed by atoms with Crippen molar-refractivity contribution in [2.45, 2.75) is 64.8 Å². The molecule has 0 amide bonds. The Morgan fingerprint density at radius 2 is 1.93 bits per heavy atom. The lowest BCUT2D eigenvalue weighted by Crippen LogP contribution is -2.35. The summed E-state index contributed by atoms with van der Waals surface area (Å²) in [5.74, 6) is 1.06. The van der Waals surface area contributed by atoms with Crippen LogP contribution in [0, 0.1) is 11.3 Å². The highest BCUT2D eigenvalue weighted by Crippen LogP contribution is 2.37. The minimum absolute atomic E-state index is 0.623. The highest BCUT2D eigenvalue weighted by molar-refractivity contribution is 4.84. The van der Waals surface area contributed by atoms with Crippen LogP contribution in [0.25, 0.3) is 0 Å². The van der Waals surface area contributed by atoms with Crippen LogP contribution in [-0.4, -0.2) is 12.6 Å². The van der Waals surface area contributed by atoms with Crippen LogP contribution in [0.4, 0.5) is 0 Å². The second-order valence-corrected chi connectivity index (χ2v) is 5.98. The summed E-state index contributed by atoms with van der Waals surface area (Å²) in [6.45, 7) is 6.06. The van der Waals surface area contributed by atoms with Crippen LogP contribution in [0.3, 0.4) is 0 Å². The van der Waals surface area contributed by atoms with Gasteiger partial charge in [0.2, 0.25) is 0 Å². The molecular weight excluding hydrogens is 170 g/mol. The first kappa shape index (κ1) is 10.5. The average Bonchev–Trinajstić information content (AvgIpc) is 2.85. The summed E-state index contributed by atoms with van der Waals surface area (Å²) in [6.07, 6.45) is 10.2. The second kappa shape index (κ2) is 4.22. The molecule has 0 aromatic heterocycles. The SMILES string of the molecule is CC(CC1CC1)NCC1(C)CCCC1. The topological polar surface area (TPSA) is 12.0 Å². The van der Waals surface area contributed by atoms with Crippen molar-refractivity contribution in [1.29, 1.82) is 0 Å². The third-order valence-corrected chi connectivity index (χ3v) is 4.07. The van der Waals surface area contributed by atoms with E-state index in [0.29, 0.717) is 5.41 Å². The van der Waals surface area contributed by atoms with Gasteiger partial charge in [0.25, 0.3) is 0 Å². The molecule has 0 aliphatic heterocycles. The van der Waals surface area contributed by atoms with Crippen LogP contribution < -0.4 is 5.32 Å². The standard InChI is InChI=1S/C13H25N/c1-11(9-12-5-6-12)14-10-13(2)7-3-4-8-13/h11-12,14H,3-10H2,1-2H3. The van der Waals surface area contributed by atoms with Crippen LogP contribution in [-0.2, 0) is 0 Å². The Kier molecular flexibility index (Phi) is 3.16. The Bertz CT molecular complexity index is 178. The van der Waals surface area contributed by atoms with Gasteiger partial charge >= 0.3 is 0 Å². The van der Waals surface area contributed by atoms with Gasteiger partial charge in [0, 0.05) is 12.6 Å². The molecule has 2 fully saturated rings. The van der Waals surface area contributed by atoms with E-state index in [-0.39, 0.29) is 0 Å². The third kappa shape index (κ3) is 2.98. The Morgan fingerprint density at radius 3 is 2.50 bits per heavy atom. The van der Waals surface area contributed by atoms with E-state index < -0.39 is 0 Å². The molecular formula is C13H25N. The summed E-state index contributed by atoms with van der Waals surface area (Å²) < 4.78 is 0. The van der Waals surface area contributed by atoms with E-state index in [1.165, 1.54) is 51.5 Å². The molecule has 0 bridgehead atoms. The molecule has 2 aliphatic carbocycles. The van der Waals surface area contributed by atoms with E-state index in [2.05, 4.69) is 19.2 Å². The van der Waals surface area contributed by atoms with E-state index in [4.69, 9.17) is 0 Å². The van der Waals surface area contributed by atoms with Crippen LogP contribution in [0.2, 0.25) is 0 Å². The first-order valence-electron chi connectivity index (χ1n) is 6.41. The molecule has 14 heavy (non-hydrogen) atoms. The number of hydrogen-bond acceptors (Lipinski definition) is 1. The zero-order valence-electron chi connectivity index (χ0n) is 9.81. The van der Waals surface area contributed by atoms with E-state index in [0.717, 1.165) is 12.0 Å². The first-order chi connectivity index (χ1) is 6.68. The fraction of sp³-hybridized carbons (Fsp3) is 1.00. The smallest absolute Gasteiger partial charge is 0.00415 e. The van der Waals surface area contributed by atoms with Crippen molar-refractivity contribution >= 4 is 0 Å². The minimum atomic E-state index is 0.623. The number of nitrogens with one attached hydrogen (secondary N) is 1. The molecule has 1 N–H and O–H groups in total. The van der Waals surface area contributed by atoms with Gasteiger partial charge in [0.1, 0.15) is 0 Å². The Morgan fingerprint density at radius 1 is 1.29 bits per heavy atom. The van der Waals surface area contributed by atoms with Crippen molar-refractivity contribution in [3.63, 3.8) is 0 Å². The Balaban J connectivity index is 1.64. The molecule has 0 radical (unpaired) electrons. The lowest BCUT2D eigenvalue weighted by Gasteiger charge is -2.26. The molecule has 0 spiro atoms. The quantitative estimate of drug-likeness (QED) is 0.709. The van der Waals surface area contributed by atoms with Gasteiger partial charge in [-0.15, -0.1) is 0 Å². The molecule has 0 aromatic rings. The summed E-state index contributed by atoms with van der Waals surface area (Å²) >= 11 is 0. The molecule has 2 rings (SSSR count). The maximum Gasteiger partial charge on any atom is 0.00415 e. The zero-order chi connectivity index (χ0) is 10.0. The third-order valence-electron chi connectivity index (χ3n) is 4.07. The predicted molar refractivity (Wildman–Crippen MR) is 61.4 cm³/mol. The molecule has 2 saturated carbocycles. The van der Waals surface area contributed by atoms with E-state index in [9.17, 15) is 0 Å². The van der Waals surface area contributed by atoms with Gasteiger partial charge in [-0.2, -0.15) is 0 Å². The largest absolute Gasteiger partial charge is 0.314 e. The molecule has 2 aliphatic rings. The Hall–Kier alpha value is -0.0400. The summed E-state index contributed by atoms with van der Waals surface area (Å²) in [5.41, 5.74) is 0.623. The van der Waals surface area contributed by atoms with Gasteiger partial charge in [0.15, 0.2) is 0 Å². The van der Waals surface area contributed by atoms with Gasteiger partial charge in [-0.05, 0) is 37.5 Å². The molecule has 1 atom stereocenters. The van der Waals surface area contributed by atoms with Gasteiger partial charge in [0.05, 0.1) is 0 Å². The van der Waals surface area contributed by atoms with Crippen molar-refractivity contribution in [2.24, 2.45) is 11.3 Å². The lowest BCUT2D eigenvalue weighted by atomic mass is 9.88. The van der Waals surface area contributed by atoms with Gasteiger partial charge < -0.3 is 5.32 Å². The molecule has 0 saturated heterocycles. The number of hydrogen-bond donors (Lipinski definition) is 1. The van der Waals surface area contributed by atoms with Crippen molar-refractivity contribution in [3.8, 4) is 0 Å². The fourth-order valence-corrected chi connectivity index (χ4v) is 2.76. The predicted octanol–water partition coefficient (Wildman–Crippen LogP) is 3.34. The molecule has 1 nitrogen and oxygen atoms in total. The minimum Gasteiger partial charge on any atom is -0.314 e. The van der Waals surface area contributed by atoms with E-state index in [1.807, 2.05) is 0 Å². The van der Waals surface area contributed by atoms with Crippen molar-refractivity contribution in [3.05, 3.63) is 0 Å². The van der Waals surface area contributed by atoms with Crippen molar-refractivity contribution < 1.29 is 0 Å². The van der Waals surface area contributed by atoms with Gasteiger partial charge in [-0.3, -0.25) is 0 Å². The molecule has 0 heterocycles. The molecule has 0 aromatic carbocycles. The van der Waals surface area contributed by atoms with Crippen LogP contribution >= 0.6 is 0 Å². The maximum atomic E-state index is 3.74. The maximum absolute atomic E-state index is 3.74. The van der Waals surface area contributed by atoms with Crippen molar-refractivity contribution in [2.75, 3.05) is 6.54 Å². The summed E-state index contributed by atoms with van der Waals surface area (Å²) in [6, 6.07) is 0.750. The second-order valence-electron chi connectivity index (χ2n) is 5.98. The van der Waals surface area contributed by atoms with E-state index in [1.54, 1.807) is 0 Å². The van der Waals surface area contributed by atoms with E-state index >= 15 is 0 Å². The molecule has 82 valence electrons.